The molecule has 1 aromatic heterocycles. The minimum atomic E-state index is 0.232. The van der Waals surface area contributed by atoms with Gasteiger partial charge < -0.3 is 14.7 Å². The van der Waals surface area contributed by atoms with Crippen molar-refractivity contribution in [1.82, 2.24) is 9.55 Å². The van der Waals surface area contributed by atoms with Crippen molar-refractivity contribution >= 4 is 24.0 Å². The second-order valence-corrected chi connectivity index (χ2v) is 4.39. The Morgan fingerprint density at radius 1 is 1.11 bits per heavy atom. The lowest BCUT2D eigenvalue weighted by molar-refractivity contribution is 0.478. The van der Waals surface area contributed by atoms with Gasteiger partial charge in [-0.05, 0) is 17.7 Å². The summed E-state index contributed by atoms with van der Waals surface area (Å²) in [4.78, 5) is 4.27. The van der Waals surface area contributed by atoms with Gasteiger partial charge in [-0.2, -0.15) is 0 Å². The van der Waals surface area contributed by atoms with E-state index >= 15 is 0 Å². The highest BCUT2D eigenvalue weighted by atomic mass is 16.3. The second kappa shape index (κ2) is 4.78. The average molecular weight is 251 g/mol. The molecule has 19 heavy (non-hydrogen) atoms. The lowest BCUT2D eigenvalue weighted by atomic mass is 9.88. The quantitative estimate of drug-likeness (QED) is 0.683. The number of hydrogen-bond acceptors (Lipinski definition) is 3. The van der Waals surface area contributed by atoms with Crippen molar-refractivity contribution in [2.45, 2.75) is 6.54 Å². The van der Waals surface area contributed by atoms with Gasteiger partial charge in [0.2, 0.25) is 0 Å². The summed E-state index contributed by atoms with van der Waals surface area (Å²) in [5, 5.41) is 18.8. The van der Waals surface area contributed by atoms with Crippen LogP contribution in [0.1, 0.15) is 5.56 Å². The Balaban J connectivity index is 1.96. The number of nitrogens with zero attached hydrogens (tertiary/aromatic N) is 2. The highest BCUT2D eigenvalue weighted by Crippen LogP contribution is 2.23. The molecule has 5 heteroatoms. The average Bonchev–Trinajstić information content (AvgIpc) is 2.84. The van der Waals surface area contributed by atoms with Crippen molar-refractivity contribution in [2.75, 3.05) is 0 Å². The van der Waals surface area contributed by atoms with E-state index in [0.717, 1.165) is 29.5 Å². The van der Waals surface area contributed by atoms with Gasteiger partial charge in [0.15, 0.2) is 0 Å². The first-order valence-corrected chi connectivity index (χ1v) is 5.97. The Morgan fingerprint density at radius 3 is 2.63 bits per heavy atom. The first-order valence-electron chi connectivity index (χ1n) is 5.97. The highest BCUT2D eigenvalue weighted by molar-refractivity contribution is 6.45. The number of para-hydroxylation sites is 1. The van der Waals surface area contributed by atoms with Crippen molar-refractivity contribution in [3.8, 4) is 5.75 Å². The van der Waals surface area contributed by atoms with E-state index in [4.69, 9.17) is 5.02 Å². The van der Waals surface area contributed by atoms with E-state index in [1.807, 2.05) is 34.9 Å². The van der Waals surface area contributed by atoms with Gasteiger partial charge in [-0.25, -0.2) is 4.98 Å². The lowest BCUT2D eigenvalue weighted by Gasteiger charge is -2.06. The maximum atomic E-state index is 9.90. The Labute approximate surface area is 111 Å². The smallest absolute Gasteiger partial charge is 0.326 e. The summed E-state index contributed by atoms with van der Waals surface area (Å²) in [6.45, 7) is 0.625. The second-order valence-electron chi connectivity index (χ2n) is 4.39. The summed E-state index contributed by atoms with van der Waals surface area (Å²) < 4.78 is 1.91. The topological polar surface area (TPSA) is 58.3 Å². The van der Waals surface area contributed by atoms with Gasteiger partial charge in [0.1, 0.15) is 11.3 Å². The number of benzene rings is 2. The molecule has 93 valence electrons. The lowest BCUT2D eigenvalue weighted by Crippen LogP contribution is -2.12. The minimum Gasteiger partial charge on any atom is -0.506 e. The molecule has 0 aliphatic heterocycles. The number of fused-ring (bicyclic) bond motifs is 1. The van der Waals surface area contributed by atoms with Gasteiger partial charge in [0, 0.05) is 6.54 Å². The number of aromatic nitrogens is 2. The Hall–Kier alpha value is -2.27. The molecule has 4 nitrogen and oxygen atoms in total. The first-order chi connectivity index (χ1) is 9.28. The Morgan fingerprint density at radius 2 is 1.89 bits per heavy atom. The maximum Gasteiger partial charge on any atom is 0.326 e. The van der Waals surface area contributed by atoms with E-state index in [2.05, 4.69) is 4.98 Å². The third-order valence-corrected chi connectivity index (χ3v) is 3.10. The molecule has 1 heterocycles. The molecule has 0 saturated carbocycles. The monoisotopic (exact) mass is 251 g/mol. The molecule has 3 rings (SSSR count). The third kappa shape index (κ3) is 2.20. The van der Waals surface area contributed by atoms with Crippen LogP contribution in [0.3, 0.4) is 0 Å². The zero-order valence-corrected chi connectivity index (χ0v) is 10.2. The first kappa shape index (κ1) is 11.8. The standard InChI is InChI=1S/C14H12BN2O2/c18-13-3-1-2-12-14(13)17(9-16-12)8-10-4-6-11(15-19)7-5-10/h1-7,9,18-19H,8H2. The van der Waals surface area contributed by atoms with Crippen molar-refractivity contribution in [3.05, 3.63) is 54.4 Å². The van der Waals surface area contributed by atoms with E-state index in [-0.39, 0.29) is 5.75 Å². The van der Waals surface area contributed by atoms with Crippen LogP contribution < -0.4 is 5.46 Å². The van der Waals surface area contributed by atoms with Crippen LogP contribution in [0.5, 0.6) is 5.75 Å². The summed E-state index contributed by atoms with van der Waals surface area (Å²) in [6.07, 6.45) is 1.72. The van der Waals surface area contributed by atoms with Crippen LogP contribution in [0.2, 0.25) is 0 Å². The largest absolute Gasteiger partial charge is 0.506 e. The number of phenols is 1. The fourth-order valence-corrected chi connectivity index (χ4v) is 2.13. The Bertz CT molecular complexity index is 707. The molecule has 1 radical (unpaired) electrons. The fourth-order valence-electron chi connectivity index (χ4n) is 2.13. The van der Waals surface area contributed by atoms with Crippen LogP contribution >= 0.6 is 0 Å². The summed E-state index contributed by atoms with van der Waals surface area (Å²) >= 11 is 0. The summed E-state index contributed by atoms with van der Waals surface area (Å²) in [7, 11) is 1.07. The molecule has 0 bridgehead atoms. The maximum absolute atomic E-state index is 9.90. The zero-order valence-electron chi connectivity index (χ0n) is 10.2. The van der Waals surface area contributed by atoms with Gasteiger partial charge in [-0.15, -0.1) is 0 Å². The minimum absolute atomic E-state index is 0.232. The SMILES string of the molecule is O[B]c1ccc(Cn2cnc3cccc(O)c32)cc1. The van der Waals surface area contributed by atoms with Gasteiger partial charge >= 0.3 is 7.48 Å². The van der Waals surface area contributed by atoms with Crippen molar-refractivity contribution in [3.63, 3.8) is 0 Å². The van der Waals surface area contributed by atoms with Crippen molar-refractivity contribution < 1.29 is 10.1 Å². The molecule has 0 amide bonds. The fraction of sp³-hybridized carbons (Fsp3) is 0.0714. The van der Waals surface area contributed by atoms with Crippen LogP contribution in [-0.4, -0.2) is 27.2 Å². The van der Waals surface area contributed by atoms with Crippen molar-refractivity contribution in [2.24, 2.45) is 0 Å². The van der Waals surface area contributed by atoms with Crippen molar-refractivity contribution in [1.29, 1.82) is 0 Å². The van der Waals surface area contributed by atoms with Gasteiger partial charge in [0.05, 0.1) is 11.8 Å². The van der Waals surface area contributed by atoms with Gasteiger partial charge in [0.25, 0.3) is 0 Å². The van der Waals surface area contributed by atoms with Crippen LogP contribution in [0.25, 0.3) is 11.0 Å². The summed E-state index contributed by atoms with van der Waals surface area (Å²) in [6, 6.07) is 12.9. The number of aromatic hydroxyl groups is 1. The van der Waals surface area contributed by atoms with E-state index in [0.29, 0.717) is 6.54 Å². The predicted molar refractivity (Wildman–Crippen MR) is 74.5 cm³/mol. The number of imidazole rings is 1. The molecule has 2 N–H and O–H groups in total. The summed E-state index contributed by atoms with van der Waals surface area (Å²) in [5.74, 6) is 0.232. The molecule has 0 fully saturated rings. The predicted octanol–water partition coefficient (Wildman–Crippen LogP) is 1.03. The molecule has 2 aromatic carbocycles. The zero-order chi connectivity index (χ0) is 13.2. The number of rotatable bonds is 3. The highest BCUT2D eigenvalue weighted by Gasteiger charge is 2.07. The molecular weight excluding hydrogens is 239 g/mol. The molecule has 0 aliphatic carbocycles. The molecule has 0 saturated heterocycles. The Kier molecular flexibility index (Phi) is 2.97. The normalized spacial score (nSPS) is 10.8. The van der Waals surface area contributed by atoms with Gasteiger partial charge in [-0.1, -0.05) is 35.8 Å². The molecule has 0 spiro atoms. The third-order valence-electron chi connectivity index (χ3n) is 3.10. The van der Waals surface area contributed by atoms with Crippen LogP contribution in [-0.2, 0) is 6.54 Å². The molecule has 0 unspecified atom stereocenters. The van der Waals surface area contributed by atoms with Crippen LogP contribution in [0.4, 0.5) is 0 Å². The molecule has 3 aromatic rings. The van der Waals surface area contributed by atoms with E-state index in [1.54, 1.807) is 18.5 Å². The van der Waals surface area contributed by atoms with E-state index in [1.165, 1.54) is 0 Å². The molecule has 0 atom stereocenters. The van der Waals surface area contributed by atoms with E-state index in [9.17, 15) is 5.11 Å². The van der Waals surface area contributed by atoms with Crippen LogP contribution in [0, 0.1) is 0 Å². The van der Waals surface area contributed by atoms with E-state index < -0.39 is 0 Å². The number of phenolic OH excluding ortho intramolecular Hbond substituents is 1. The van der Waals surface area contributed by atoms with Crippen LogP contribution in [0.15, 0.2) is 48.8 Å². The number of hydrogen-bond donors (Lipinski definition) is 2. The van der Waals surface area contributed by atoms with Gasteiger partial charge in [-0.3, -0.25) is 0 Å². The summed E-state index contributed by atoms with van der Waals surface area (Å²) in [5.41, 5.74) is 3.36. The molecule has 0 aliphatic rings. The molecular formula is C14H12BN2O2.